The molecule has 2 N–H and O–H groups in total. The van der Waals surface area contributed by atoms with Crippen LogP contribution >= 0.6 is 15.9 Å². The molecule has 7 heteroatoms. The molecule has 18 heavy (non-hydrogen) atoms. The standard InChI is InChI=1S/C11H15BrN4O2/c1-7-9(16(17)18)5-14-11(10(7)12)15-4-2-3-8(13)6-15/h5,8H,2-4,6,13H2,1H3/t8-/m1/s1. The van der Waals surface area contributed by atoms with Crippen LogP contribution in [0.1, 0.15) is 18.4 Å². The van der Waals surface area contributed by atoms with Crippen molar-refractivity contribution in [2.75, 3.05) is 18.0 Å². The summed E-state index contributed by atoms with van der Waals surface area (Å²) in [6.45, 7) is 3.34. The van der Waals surface area contributed by atoms with Crippen LogP contribution < -0.4 is 10.6 Å². The van der Waals surface area contributed by atoms with E-state index in [0.717, 1.165) is 31.7 Å². The Morgan fingerprint density at radius 3 is 3.00 bits per heavy atom. The maximum atomic E-state index is 10.8. The molecule has 0 aliphatic carbocycles. The van der Waals surface area contributed by atoms with E-state index in [-0.39, 0.29) is 11.7 Å². The summed E-state index contributed by atoms with van der Waals surface area (Å²) in [5.74, 6) is 0.744. The molecule has 98 valence electrons. The Morgan fingerprint density at radius 1 is 1.67 bits per heavy atom. The van der Waals surface area contributed by atoms with Crippen LogP contribution in [0.5, 0.6) is 0 Å². The molecule has 0 bridgehead atoms. The molecular weight excluding hydrogens is 300 g/mol. The predicted octanol–water partition coefficient (Wildman–Crippen LogP) is 1.99. The third kappa shape index (κ3) is 2.46. The summed E-state index contributed by atoms with van der Waals surface area (Å²) < 4.78 is 0.686. The molecule has 2 heterocycles. The molecule has 0 amide bonds. The van der Waals surface area contributed by atoms with Gasteiger partial charge in [0.1, 0.15) is 12.0 Å². The molecule has 1 fully saturated rings. The molecule has 0 spiro atoms. The molecule has 0 aromatic carbocycles. The molecule has 6 nitrogen and oxygen atoms in total. The lowest BCUT2D eigenvalue weighted by molar-refractivity contribution is -0.385. The van der Waals surface area contributed by atoms with Crippen LogP contribution in [0.15, 0.2) is 10.7 Å². The van der Waals surface area contributed by atoms with Crippen LogP contribution in [0.4, 0.5) is 11.5 Å². The van der Waals surface area contributed by atoms with E-state index in [1.54, 1.807) is 6.92 Å². The van der Waals surface area contributed by atoms with Gasteiger partial charge in [0, 0.05) is 24.7 Å². The van der Waals surface area contributed by atoms with Gasteiger partial charge in [-0.1, -0.05) is 0 Å². The number of nitrogens with zero attached hydrogens (tertiary/aromatic N) is 3. The van der Waals surface area contributed by atoms with Crippen LogP contribution in [-0.4, -0.2) is 29.0 Å². The van der Waals surface area contributed by atoms with Crippen LogP contribution in [-0.2, 0) is 0 Å². The van der Waals surface area contributed by atoms with E-state index in [1.807, 2.05) is 0 Å². The van der Waals surface area contributed by atoms with Crippen molar-refractivity contribution in [2.24, 2.45) is 5.73 Å². The molecule has 1 atom stereocenters. The van der Waals surface area contributed by atoms with Gasteiger partial charge in [-0.25, -0.2) is 4.98 Å². The van der Waals surface area contributed by atoms with Crippen molar-refractivity contribution in [1.29, 1.82) is 0 Å². The highest BCUT2D eigenvalue weighted by Crippen LogP contribution is 2.33. The van der Waals surface area contributed by atoms with Gasteiger partial charge < -0.3 is 10.6 Å². The third-order valence-corrected chi connectivity index (χ3v) is 4.12. The first kappa shape index (κ1) is 13.2. The largest absolute Gasteiger partial charge is 0.354 e. The number of hydrogen-bond acceptors (Lipinski definition) is 5. The predicted molar refractivity (Wildman–Crippen MR) is 72.8 cm³/mol. The fourth-order valence-electron chi connectivity index (χ4n) is 2.16. The second-order valence-corrected chi connectivity index (χ2v) is 5.30. The van der Waals surface area contributed by atoms with Gasteiger partial charge in [0.2, 0.25) is 0 Å². The molecule has 1 aromatic heterocycles. The third-order valence-electron chi connectivity index (χ3n) is 3.17. The number of anilines is 1. The topological polar surface area (TPSA) is 85.3 Å². The first-order valence-corrected chi connectivity index (χ1v) is 6.60. The Bertz CT molecular complexity index is 480. The van der Waals surface area contributed by atoms with E-state index in [1.165, 1.54) is 6.20 Å². The number of halogens is 1. The zero-order chi connectivity index (χ0) is 13.3. The van der Waals surface area contributed by atoms with Gasteiger partial charge in [0.15, 0.2) is 0 Å². The van der Waals surface area contributed by atoms with Crippen molar-refractivity contribution in [2.45, 2.75) is 25.8 Å². The normalized spacial score (nSPS) is 19.9. The number of rotatable bonds is 2. The van der Waals surface area contributed by atoms with Gasteiger partial charge >= 0.3 is 0 Å². The Hall–Kier alpha value is -1.21. The van der Waals surface area contributed by atoms with Gasteiger partial charge in [-0.3, -0.25) is 10.1 Å². The maximum absolute atomic E-state index is 10.8. The monoisotopic (exact) mass is 314 g/mol. The highest BCUT2D eigenvalue weighted by atomic mass is 79.9. The van der Waals surface area contributed by atoms with Crippen molar-refractivity contribution in [3.63, 3.8) is 0 Å². The number of aromatic nitrogens is 1. The van der Waals surface area contributed by atoms with Crippen molar-refractivity contribution in [3.8, 4) is 0 Å². The SMILES string of the molecule is Cc1c([N+](=O)[O-])cnc(N2CCC[C@@H](N)C2)c1Br. The number of piperidine rings is 1. The molecule has 1 aromatic rings. The van der Waals surface area contributed by atoms with Crippen molar-refractivity contribution in [1.82, 2.24) is 4.98 Å². The van der Waals surface area contributed by atoms with Crippen molar-refractivity contribution >= 4 is 27.4 Å². The minimum absolute atomic E-state index is 0.0342. The van der Waals surface area contributed by atoms with E-state index >= 15 is 0 Å². The average molecular weight is 315 g/mol. The first-order chi connectivity index (χ1) is 8.50. The van der Waals surface area contributed by atoms with E-state index < -0.39 is 4.92 Å². The van der Waals surface area contributed by atoms with Gasteiger partial charge in [0.05, 0.1) is 9.40 Å². The zero-order valence-corrected chi connectivity index (χ0v) is 11.7. The van der Waals surface area contributed by atoms with Crippen LogP contribution in [0.3, 0.4) is 0 Å². The van der Waals surface area contributed by atoms with Gasteiger partial charge in [0.25, 0.3) is 5.69 Å². The Labute approximate surface area is 113 Å². The lowest BCUT2D eigenvalue weighted by Crippen LogP contribution is -2.43. The summed E-state index contributed by atoms with van der Waals surface area (Å²) in [6, 6.07) is 0.142. The van der Waals surface area contributed by atoms with Gasteiger partial charge in [-0.2, -0.15) is 0 Å². The fourth-order valence-corrected chi connectivity index (χ4v) is 2.72. The zero-order valence-electron chi connectivity index (χ0n) is 10.1. The average Bonchev–Trinajstić information content (AvgIpc) is 2.32. The summed E-state index contributed by atoms with van der Waals surface area (Å²) in [7, 11) is 0. The summed E-state index contributed by atoms with van der Waals surface area (Å²) >= 11 is 3.41. The highest BCUT2D eigenvalue weighted by molar-refractivity contribution is 9.10. The highest BCUT2D eigenvalue weighted by Gasteiger charge is 2.23. The molecular formula is C11H15BrN4O2. The van der Waals surface area contributed by atoms with Crippen LogP contribution in [0.25, 0.3) is 0 Å². The molecule has 0 radical (unpaired) electrons. The van der Waals surface area contributed by atoms with Crippen molar-refractivity contribution < 1.29 is 4.92 Å². The van der Waals surface area contributed by atoms with E-state index in [0.29, 0.717) is 10.0 Å². The number of nitrogens with two attached hydrogens (primary N) is 1. The number of nitro groups is 1. The Morgan fingerprint density at radius 2 is 2.39 bits per heavy atom. The summed E-state index contributed by atoms with van der Waals surface area (Å²) in [5.41, 5.74) is 6.57. The summed E-state index contributed by atoms with van der Waals surface area (Å²) in [5, 5.41) is 10.8. The van der Waals surface area contributed by atoms with Crippen LogP contribution in [0.2, 0.25) is 0 Å². The number of pyridine rings is 1. The lowest BCUT2D eigenvalue weighted by Gasteiger charge is -2.32. The molecule has 1 aliphatic rings. The molecule has 1 aliphatic heterocycles. The van der Waals surface area contributed by atoms with E-state index in [9.17, 15) is 10.1 Å². The quantitative estimate of drug-likeness (QED) is 0.666. The lowest BCUT2D eigenvalue weighted by atomic mass is 10.1. The van der Waals surface area contributed by atoms with Gasteiger partial charge in [-0.05, 0) is 35.7 Å². The molecule has 0 saturated carbocycles. The second-order valence-electron chi connectivity index (χ2n) is 4.51. The summed E-state index contributed by atoms with van der Waals surface area (Å²) in [6.07, 6.45) is 3.35. The molecule has 2 rings (SSSR count). The van der Waals surface area contributed by atoms with E-state index in [4.69, 9.17) is 5.73 Å². The smallest absolute Gasteiger partial charge is 0.291 e. The summed E-state index contributed by atoms with van der Waals surface area (Å²) in [4.78, 5) is 16.7. The number of hydrogen-bond donors (Lipinski definition) is 1. The maximum Gasteiger partial charge on any atom is 0.291 e. The minimum Gasteiger partial charge on any atom is -0.354 e. The Balaban J connectivity index is 2.34. The Kier molecular flexibility index (Phi) is 3.82. The molecule has 0 unspecified atom stereocenters. The fraction of sp³-hybridized carbons (Fsp3) is 0.545. The van der Waals surface area contributed by atoms with Crippen molar-refractivity contribution in [3.05, 3.63) is 26.3 Å². The molecule has 1 saturated heterocycles. The van der Waals surface area contributed by atoms with E-state index in [2.05, 4.69) is 25.8 Å². The van der Waals surface area contributed by atoms with Crippen LogP contribution in [0, 0.1) is 17.0 Å². The first-order valence-electron chi connectivity index (χ1n) is 5.80. The van der Waals surface area contributed by atoms with Gasteiger partial charge in [-0.15, -0.1) is 0 Å². The second kappa shape index (κ2) is 5.19. The minimum atomic E-state index is -0.418.